The molecule has 0 bridgehead atoms. The van der Waals surface area contributed by atoms with Crippen LogP contribution < -0.4 is 4.74 Å². The maximum atomic E-state index is 15.3. The summed E-state index contributed by atoms with van der Waals surface area (Å²) in [7, 11) is 3.81. The molecule has 0 saturated heterocycles. The summed E-state index contributed by atoms with van der Waals surface area (Å²) in [5, 5.41) is 4.32. The second-order valence-electron chi connectivity index (χ2n) is 11.6. The number of benzene rings is 3. The van der Waals surface area contributed by atoms with E-state index in [-0.39, 0.29) is 36.0 Å². The lowest BCUT2D eigenvalue weighted by molar-refractivity contribution is -0.133. The first kappa shape index (κ1) is 29.3. The van der Waals surface area contributed by atoms with Crippen molar-refractivity contribution in [1.82, 2.24) is 14.5 Å². The van der Waals surface area contributed by atoms with Gasteiger partial charge in [0.15, 0.2) is 28.9 Å². The van der Waals surface area contributed by atoms with Gasteiger partial charge in [-0.15, -0.1) is 0 Å². The lowest BCUT2D eigenvalue weighted by Crippen LogP contribution is -2.28. The Morgan fingerprint density at radius 2 is 1.52 bits per heavy atom. The number of rotatable bonds is 11. The first-order valence-electron chi connectivity index (χ1n) is 14.3. The molecule has 0 aliphatic heterocycles. The number of hydrogen-bond donors (Lipinski definition) is 0. The smallest absolute Gasteiger partial charge is 0.166 e. The van der Waals surface area contributed by atoms with E-state index in [1.54, 1.807) is 28.9 Å². The fraction of sp³-hybridized carbons (Fsp3) is 0.229. The van der Waals surface area contributed by atoms with Gasteiger partial charge in [0.25, 0.3) is 0 Å². The van der Waals surface area contributed by atoms with Gasteiger partial charge in [0, 0.05) is 37.2 Å². The first-order chi connectivity index (χ1) is 21.1. The zero-order valence-electron chi connectivity index (χ0n) is 24.3. The van der Waals surface area contributed by atoms with Crippen molar-refractivity contribution in [3.05, 3.63) is 119 Å². The van der Waals surface area contributed by atoms with Gasteiger partial charge in [0.2, 0.25) is 0 Å². The molecule has 3 aromatic carbocycles. The number of carbonyl (C=O) groups excluding carboxylic acids is 2. The van der Waals surface area contributed by atoms with E-state index in [0.717, 1.165) is 5.56 Å². The lowest BCUT2D eigenvalue weighted by Gasteiger charge is -2.14. The number of Topliss-reactive ketones (excluding diaryl/α,β-unsaturated/α-hetero) is 2. The van der Waals surface area contributed by atoms with Crippen LogP contribution in [0.15, 0.2) is 85.2 Å². The van der Waals surface area contributed by atoms with Gasteiger partial charge in [-0.25, -0.2) is 17.7 Å². The Kier molecular flexibility index (Phi) is 7.82. The van der Waals surface area contributed by atoms with Gasteiger partial charge in [-0.05, 0) is 97.7 Å². The molecular formula is C35H30F3N3O3. The van der Waals surface area contributed by atoms with E-state index in [9.17, 15) is 18.4 Å². The van der Waals surface area contributed by atoms with Crippen LogP contribution in [0.1, 0.15) is 29.5 Å². The summed E-state index contributed by atoms with van der Waals surface area (Å²) in [5.74, 6) is -1.62. The Labute approximate surface area is 252 Å². The second-order valence-corrected chi connectivity index (χ2v) is 11.6. The molecular weight excluding hydrogens is 567 g/mol. The summed E-state index contributed by atoms with van der Waals surface area (Å²) in [6, 6.07) is 18.2. The molecule has 6 nitrogen and oxygen atoms in total. The second kappa shape index (κ2) is 11.7. The van der Waals surface area contributed by atoms with Gasteiger partial charge < -0.3 is 9.64 Å². The molecule has 5 aromatic rings. The third-order valence-corrected chi connectivity index (χ3v) is 7.96. The first-order valence-corrected chi connectivity index (χ1v) is 14.3. The minimum absolute atomic E-state index is 0.0435. The average Bonchev–Trinajstić information content (AvgIpc) is 3.68. The topological polar surface area (TPSA) is 63.9 Å². The van der Waals surface area contributed by atoms with Crippen molar-refractivity contribution in [2.45, 2.75) is 32.2 Å². The molecule has 9 heteroatoms. The third-order valence-electron chi connectivity index (χ3n) is 7.96. The lowest BCUT2D eigenvalue weighted by atomic mass is 9.88. The minimum Gasteiger partial charge on any atom is -0.452 e. The van der Waals surface area contributed by atoms with Crippen LogP contribution in [0.5, 0.6) is 11.5 Å². The maximum Gasteiger partial charge on any atom is 0.166 e. The van der Waals surface area contributed by atoms with Crippen LogP contribution >= 0.6 is 0 Å². The van der Waals surface area contributed by atoms with Crippen molar-refractivity contribution in [2.75, 3.05) is 14.1 Å². The van der Waals surface area contributed by atoms with Crippen molar-refractivity contribution in [1.29, 1.82) is 0 Å². The standard InChI is InChI=1S/C35H30F3N3O3/c1-40(2)21-24-15-25(20-27(37)16-24)28-10-14-41-34(28)31(9-13-39-41)44-30-8-5-23(17-29(30)38)19-33(43)35(11-12-35)32(42)18-22-3-6-26(36)7-4-22/h3-10,13-17,20H,11-12,18-19,21H2,1-2H3. The summed E-state index contributed by atoms with van der Waals surface area (Å²) in [4.78, 5) is 28.1. The largest absolute Gasteiger partial charge is 0.452 e. The number of halogens is 3. The highest BCUT2D eigenvalue weighted by Crippen LogP contribution is 2.49. The molecule has 1 fully saturated rings. The van der Waals surface area contributed by atoms with Crippen LogP contribution in [0.3, 0.4) is 0 Å². The summed E-state index contributed by atoms with van der Waals surface area (Å²) in [6.07, 6.45) is 4.11. The van der Waals surface area contributed by atoms with Gasteiger partial charge in [-0.2, -0.15) is 5.10 Å². The third kappa shape index (κ3) is 6.01. The molecule has 6 rings (SSSR count). The van der Waals surface area contributed by atoms with Gasteiger partial charge in [0.05, 0.1) is 11.6 Å². The van der Waals surface area contributed by atoms with Crippen LogP contribution in [0.2, 0.25) is 0 Å². The van der Waals surface area contributed by atoms with E-state index in [2.05, 4.69) is 5.10 Å². The highest BCUT2D eigenvalue weighted by molar-refractivity contribution is 6.11. The highest BCUT2D eigenvalue weighted by atomic mass is 19.1. The fourth-order valence-electron chi connectivity index (χ4n) is 5.60. The molecule has 1 saturated carbocycles. The number of nitrogens with zero attached hydrogens (tertiary/aromatic N) is 3. The quantitative estimate of drug-likeness (QED) is 0.154. The van der Waals surface area contributed by atoms with Crippen molar-refractivity contribution in [2.24, 2.45) is 5.41 Å². The number of ether oxygens (including phenoxy) is 1. The van der Waals surface area contributed by atoms with Crippen LogP contribution in [-0.4, -0.2) is 40.2 Å². The van der Waals surface area contributed by atoms with Crippen LogP contribution in [0, 0.1) is 22.9 Å². The van der Waals surface area contributed by atoms with E-state index in [1.807, 2.05) is 25.1 Å². The van der Waals surface area contributed by atoms with E-state index in [4.69, 9.17) is 4.74 Å². The van der Waals surface area contributed by atoms with Gasteiger partial charge in [-0.1, -0.05) is 18.2 Å². The highest BCUT2D eigenvalue weighted by Gasteiger charge is 2.54. The molecule has 2 aromatic heterocycles. The SMILES string of the molecule is CN(C)Cc1cc(F)cc(-c2ccn3nccc(Oc4ccc(CC(=O)C5(C(=O)Cc6ccc(F)cc6)CC5)cc4F)c23)c1. The average molecular weight is 598 g/mol. The molecule has 1 aliphatic rings. The monoisotopic (exact) mass is 597 g/mol. The summed E-state index contributed by atoms with van der Waals surface area (Å²) < 4.78 is 50.7. The summed E-state index contributed by atoms with van der Waals surface area (Å²) >= 11 is 0. The molecule has 0 spiro atoms. The number of fused-ring (bicyclic) bond motifs is 1. The van der Waals surface area contributed by atoms with E-state index in [1.165, 1.54) is 54.7 Å². The number of ketones is 2. The van der Waals surface area contributed by atoms with Gasteiger partial charge in [0.1, 0.15) is 17.2 Å². The molecule has 0 atom stereocenters. The van der Waals surface area contributed by atoms with Crippen molar-refractivity contribution in [3.63, 3.8) is 0 Å². The molecule has 0 N–H and O–H groups in total. The Morgan fingerprint density at radius 1 is 0.818 bits per heavy atom. The Hall–Kier alpha value is -4.76. The summed E-state index contributed by atoms with van der Waals surface area (Å²) in [6.45, 7) is 0.557. The molecule has 0 radical (unpaired) electrons. The number of aromatic nitrogens is 2. The minimum atomic E-state index is -1.07. The maximum absolute atomic E-state index is 15.3. The fourth-order valence-corrected chi connectivity index (χ4v) is 5.60. The van der Waals surface area contributed by atoms with E-state index in [0.29, 0.717) is 52.9 Å². The molecule has 1 aliphatic carbocycles. The zero-order valence-corrected chi connectivity index (χ0v) is 24.3. The van der Waals surface area contributed by atoms with Crippen molar-refractivity contribution in [3.8, 4) is 22.6 Å². The van der Waals surface area contributed by atoms with Gasteiger partial charge >= 0.3 is 0 Å². The van der Waals surface area contributed by atoms with Crippen LogP contribution in [0.25, 0.3) is 16.6 Å². The Morgan fingerprint density at radius 3 is 2.20 bits per heavy atom. The Balaban J connectivity index is 1.21. The summed E-state index contributed by atoms with van der Waals surface area (Å²) in [5.41, 5.74) is 2.66. The number of carbonyl (C=O) groups is 2. The van der Waals surface area contributed by atoms with Crippen molar-refractivity contribution >= 4 is 17.1 Å². The van der Waals surface area contributed by atoms with Crippen LogP contribution in [-0.2, 0) is 29.0 Å². The van der Waals surface area contributed by atoms with Crippen LogP contribution in [0.4, 0.5) is 13.2 Å². The van der Waals surface area contributed by atoms with E-state index < -0.39 is 17.0 Å². The normalized spacial score (nSPS) is 13.8. The zero-order chi connectivity index (χ0) is 31.0. The molecule has 0 unspecified atom stereocenters. The molecule has 0 amide bonds. The van der Waals surface area contributed by atoms with Gasteiger partial charge in [-0.3, -0.25) is 9.59 Å². The predicted octanol–water partition coefficient (Wildman–Crippen LogP) is 6.98. The Bertz CT molecular complexity index is 1880. The number of hydrogen-bond acceptors (Lipinski definition) is 5. The van der Waals surface area contributed by atoms with E-state index >= 15 is 4.39 Å². The molecule has 44 heavy (non-hydrogen) atoms. The van der Waals surface area contributed by atoms with Crippen molar-refractivity contribution < 1.29 is 27.5 Å². The predicted molar refractivity (Wildman–Crippen MR) is 160 cm³/mol. The molecule has 2 heterocycles. The molecule has 224 valence electrons.